The lowest BCUT2D eigenvalue weighted by Gasteiger charge is -2.20. The number of carbonyl (C=O) groups excluding carboxylic acids is 2. The molecule has 146 valence electrons. The smallest absolute Gasteiger partial charge is 0.286 e. The third-order valence-electron chi connectivity index (χ3n) is 3.59. The topological polar surface area (TPSA) is 107 Å². The lowest BCUT2D eigenvalue weighted by atomic mass is 10.0. The van der Waals surface area contributed by atoms with Gasteiger partial charge in [-0.15, -0.1) is 0 Å². The molecular weight excluding hydrogens is 355 g/mol. The number of aryl methyl sites for hydroxylation is 1. The second-order valence-corrected chi connectivity index (χ2v) is 5.76. The van der Waals surface area contributed by atoms with E-state index in [2.05, 4.69) is 20.8 Å². The van der Waals surface area contributed by atoms with E-state index in [-0.39, 0.29) is 18.5 Å². The number of alkyl halides is 3. The second kappa shape index (κ2) is 9.90. The van der Waals surface area contributed by atoms with Crippen molar-refractivity contribution in [2.45, 2.75) is 45.7 Å². The molecule has 0 spiro atoms. The van der Waals surface area contributed by atoms with Gasteiger partial charge in [0.05, 0.1) is 12.5 Å². The van der Waals surface area contributed by atoms with E-state index in [9.17, 15) is 28.0 Å². The predicted molar refractivity (Wildman–Crippen MR) is 85.7 cm³/mol. The van der Waals surface area contributed by atoms with Crippen LogP contribution in [-0.4, -0.2) is 39.1 Å². The number of nitrogens with one attached hydrogen (secondary N) is 2. The van der Waals surface area contributed by atoms with Crippen molar-refractivity contribution in [1.29, 1.82) is 0 Å². The summed E-state index contributed by atoms with van der Waals surface area (Å²) in [6, 6.07) is 0. The maximum atomic E-state index is 12.8. The van der Waals surface area contributed by atoms with E-state index < -0.39 is 29.6 Å². The lowest BCUT2D eigenvalue weighted by molar-refractivity contribution is -0.154. The maximum absolute atomic E-state index is 12.8. The van der Waals surface area contributed by atoms with Crippen LogP contribution in [0.3, 0.4) is 0 Å². The Hall–Kier alpha value is -2.43. The molecule has 26 heavy (non-hydrogen) atoms. The first kappa shape index (κ1) is 21.6. The zero-order valence-electron chi connectivity index (χ0n) is 14.5. The van der Waals surface area contributed by atoms with Crippen molar-refractivity contribution < 1.29 is 28.0 Å². The molecule has 1 aromatic rings. The first-order chi connectivity index (χ1) is 12.2. The predicted octanol–water partition coefficient (Wildman–Crippen LogP) is 2.29. The summed E-state index contributed by atoms with van der Waals surface area (Å²) in [5, 5.41) is 9.64. The Bertz CT molecular complexity index is 613. The van der Waals surface area contributed by atoms with Crippen LogP contribution >= 0.6 is 0 Å². The van der Waals surface area contributed by atoms with Crippen molar-refractivity contribution in [1.82, 2.24) is 20.5 Å². The molecule has 1 aromatic heterocycles. The monoisotopic (exact) mass is 377 g/mol. The van der Waals surface area contributed by atoms with E-state index in [4.69, 9.17) is 0 Å². The minimum Gasteiger partial charge on any atom is -0.286 e. The molecule has 1 atom stereocenters. The molecule has 8 nitrogen and oxygen atoms in total. The first-order valence-corrected chi connectivity index (χ1v) is 8.06. The third-order valence-corrected chi connectivity index (χ3v) is 3.59. The quantitative estimate of drug-likeness (QED) is 0.250. The molecule has 0 radical (unpaired) electrons. The number of hydrazine groups is 1. The van der Waals surface area contributed by atoms with Crippen LogP contribution in [0.4, 0.5) is 19.1 Å². The second-order valence-electron chi connectivity index (χ2n) is 5.76. The number of halogens is 3. The number of hydroxylamine groups is 2. The zero-order chi connectivity index (χ0) is 19.7. The number of nitrogens with zero attached hydrogens (tertiary/aromatic N) is 3. The van der Waals surface area contributed by atoms with Crippen LogP contribution in [0.5, 0.6) is 0 Å². The summed E-state index contributed by atoms with van der Waals surface area (Å²) in [5.74, 6) is -1.75. The van der Waals surface area contributed by atoms with E-state index in [0.29, 0.717) is 17.9 Å². The molecule has 0 aliphatic rings. The summed E-state index contributed by atoms with van der Waals surface area (Å²) in [4.78, 5) is 29.8. The molecule has 0 saturated carbocycles. The van der Waals surface area contributed by atoms with Crippen molar-refractivity contribution in [3.63, 3.8) is 0 Å². The molecule has 0 bridgehead atoms. The Kier molecular flexibility index (Phi) is 8.23. The summed E-state index contributed by atoms with van der Waals surface area (Å²) >= 11 is 0. The Morgan fingerprint density at radius 3 is 2.69 bits per heavy atom. The average Bonchev–Trinajstić information content (AvgIpc) is 2.58. The largest absolute Gasteiger partial charge is 0.433 e. The fourth-order valence-electron chi connectivity index (χ4n) is 2.22. The van der Waals surface area contributed by atoms with E-state index in [0.717, 1.165) is 19.0 Å². The number of carbonyl (C=O) groups is 2. The molecule has 1 rings (SSSR count). The van der Waals surface area contributed by atoms with Gasteiger partial charge in [-0.05, 0) is 18.9 Å². The Balaban J connectivity index is 2.75. The number of unbranched alkanes of at least 4 members (excludes halogenated alkanes) is 2. The summed E-state index contributed by atoms with van der Waals surface area (Å²) < 4.78 is 38.5. The van der Waals surface area contributed by atoms with Crippen LogP contribution in [0.15, 0.2) is 6.20 Å². The lowest BCUT2D eigenvalue weighted by Crippen LogP contribution is -2.40. The highest BCUT2D eigenvalue weighted by Crippen LogP contribution is 2.30. The van der Waals surface area contributed by atoms with Crippen LogP contribution in [0.2, 0.25) is 0 Å². The van der Waals surface area contributed by atoms with Gasteiger partial charge in [0.1, 0.15) is 0 Å². The molecule has 3 N–H and O–H groups in total. The molecule has 0 aromatic carbocycles. The number of aromatic nitrogens is 2. The molecule has 0 fully saturated rings. The van der Waals surface area contributed by atoms with E-state index >= 15 is 0 Å². The molecule has 0 aliphatic carbocycles. The fraction of sp³-hybridized carbons (Fsp3) is 0.600. The van der Waals surface area contributed by atoms with Crippen LogP contribution in [-0.2, 0) is 15.8 Å². The van der Waals surface area contributed by atoms with Gasteiger partial charge in [-0.25, -0.2) is 15.0 Å². The molecular formula is C15H22F3N5O3. The normalized spacial score (nSPS) is 12.4. The van der Waals surface area contributed by atoms with Gasteiger partial charge in [0.25, 0.3) is 0 Å². The van der Waals surface area contributed by atoms with Gasteiger partial charge < -0.3 is 0 Å². The van der Waals surface area contributed by atoms with Crippen LogP contribution in [0.1, 0.15) is 43.9 Å². The zero-order valence-corrected chi connectivity index (χ0v) is 14.5. The summed E-state index contributed by atoms with van der Waals surface area (Å²) in [6.45, 7) is 2.97. The molecule has 1 heterocycles. The molecule has 2 amide bonds. The number of anilines is 1. The maximum Gasteiger partial charge on any atom is 0.433 e. The molecule has 0 aliphatic heterocycles. The van der Waals surface area contributed by atoms with Gasteiger partial charge in [0.2, 0.25) is 18.3 Å². The van der Waals surface area contributed by atoms with Crippen molar-refractivity contribution in [2.24, 2.45) is 5.92 Å². The summed E-state index contributed by atoms with van der Waals surface area (Å²) in [7, 11) is 0. The van der Waals surface area contributed by atoms with Gasteiger partial charge in [-0.1, -0.05) is 26.2 Å². The van der Waals surface area contributed by atoms with Crippen molar-refractivity contribution in [3.05, 3.63) is 17.5 Å². The van der Waals surface area contributed by atoms with Gasteiger partial charge in [0.15, 0.2) is 5.69 Å². The molecule has 0 saturated heterocycles. The summed E-state index contributed by atoms with van der Waals surface area (Å²) in [6.07, 6.45) is -0.607. The number of amides is 2. The Morgan fingerprint density at radius 2 is 2.12 bits per heavy atom. The minimum atomic E-state index is -4.64. The standard InChI is InChI=1S/C15H22F3N5O3/c1-3-4-5-6-11(8-23(26)9-24)13(25)21-22-14-19-7-10(2)12(20-14)15(16,17)18/h7,9,11,26H,3-6,8H2,1-2H3,(H,21,25)(H,19,20,22)/t11-/m1/s1. The third kappa shape index (κ3) is 6.82. The fourth-order valence-corrected chi connectivity index (χ4v) is 2.22. The van der Waals surface area contributed by atoms with Gasteiger partial charge >= 0.3 is 6.18 Å². The number of hydrogen-bond acceptors (Lipinski definition) is 6. The van der Waals surface area contributed by atoms with Crippen LogP contribution in [0.25, 0.3) is 0 Å². The van der Waals surface area contributed by atoms with E-state index in [1.54, 1.807) is 0 Å². The highest BCUT2D eigenvalue weighted by molar-refractivity contribution is 5.80. The highest BCUT2D eigenvalue weighted by atomic mass is 19.4. The van der Waals surface area contributed by atoms with Crippen molar-refractivity contribution in [3.8, 4) is 0 Å². The van der Waals surface area contributed by atoms with Crippen molar-refractivity contribution in [2.75, 3.05) is 12.0 Å². The Labute approximate surface area is 148 Å². The Morgan fingerprint density at radius 1 is 1.42 bits per heavy atom. The average molecular weight is 377 g/mol. The molecule has 0 unspecified atom stereocenters. The molecule has 11 heteroatoms. The number of rotatable bonds is 10. The highest BCUT2D eigenvalue weighted by Gasteiger charge is 2.35. The first-order valence-electron chi connectivity index (χ1n) is 8.06. The summed E-state index contributed by atoms with van der Waals surface area (Å²) in [5.41, 5.74) is 3.20. The van der Waals surface area contributed by atoms with Crippen LogP contribution in [0, 0.1) is 12.8 Å². The van der Waals surface area contributed by atoms with Gasteiger partial charge in [-0.2, -0.15) is 13.2 Å². The SMILES string of the molecule is CCCCC[C@H](CN(O)C=O)C(=O)NNc1ncc(C)c(C(F)(F)F)n1. The van der Waals surface area contributed by atoms with Crippen LogP contribution < -0.4 is 10.9 Å². The van der Waals surface area contributed by atoms with Gasteiger partial charge in [-0.3, -0.25) is 25.6 Å². The number of hydrogen-bond donors (Lipinski definition) is 3. The van der Waals surface area contributed by atoms with E-state index in [1.165, 1.54) is 6.92 Å². The van der Waals surface area contributed by atoms with Crippen molar-refractivity contribution >= 4 is 18.3 Å². The minimum absolute atomic E-state index is 0.145. The van der Waals surface area contributed by atoms with E-state index in [1.807, 2.05) is 6.92 Å². The van der Waals surface area contributed by atoms with Gasteiger partial charge in [0, 0.05) is 6.20 Å².